The molecular weight excluding hydrogens is 316 g/mol. The highest BCUT2D eigenvalue weighted by Crippen LogP contribution is 2.33. The number of ether oxygens (including phenoxy) is 1. The average Bonchev–Trinajstić information content (AvgIpc) is 2.73. The number of hydrogen-bond donors (Lipinski definition) is 1. The minimum Gasteiger partial charge on any atom is -0.491 e. The highest BCUT2D eigenvalue weighted by atomic mass is 16.5. The van der Waals surface area contributed by atoms with E-state index in [0.29, 0.717) is 43.0 Å². The first-order chi connectivity index (χ1) is 12.0. The van der Waals surface area contributed by atoms with Crippen LogP contribution in [0.25, 0.3) is 0 Å². The van der Waals surface area contributed by atoms with E-state index < -0.39 is 0 Å². The number of fused-ring (bicyclic) bond motifs is 1. The van der Waals surface area contributed by atoms with Crippen molar-refractivity contribution in [1.29, 1.82) is 0 Å². The predicted octanol–water partition coefficient (Wildman–Crippen LogP) is 3.31. The van der Waals surface area contributed by atoms with E-state index in [1.54, 1.807) is 30.1 Å². The molecule has 0 saturated heterocycles. The standard InChI is InChI=1S/C20H22N2O3/c1-14-4-3-5-15(12-14)6-9-19(23)21-16-7-8-18-17(13-16)22(2)20(24)10-11-25-18/h3-5,7-8,12-13H,6,9-11H2,1-2H3,(H,21,23). The summed E-state index contributed by atoms with van der Waals surface area (Å²) in [5.74, 6) is 0.609. The number of rotatable bonds is 4. The number of hydrogen-bond acceptors (Lipinski definition) is 3. The molecule has 0 unspecified atom stereocenters. The molecule has 0 radical (unpaired) electrons. The lowest BCUT2D eigenvalue weighted by Crippen LogP contribution is -2.25. The van der Waals surface area contributed by atoms with Gasteiger partial charge in [-0.05, 0) is 37.1 Å². The molecule has 0 aromatic heterocycles. The lowest BCUT2D eigenvalue weighted by Gasteiger charge is -2.17. The maximum atomic E-state index is 12.2. The lowest BCUT2D eigenvalue weighted by molar-refractivity contribution is -0.118. The van der Waals surface area contributed by atoms with Gasteiger partial charge in [-0.2, -0.15) is 0 Å². The molecule has 0 saturated carbocycles. The Hall–Kier alpha value is -2.82. The van der Waals surface area contributed by atoms with Crippen molar-refractivity contribution in [1.82, 2.24) is 0 Å². The number of benzene rings is 2. The third kappa shape index (κ3) is 4.18. The first-order valence-corrected chi connectivity index (χ1v) is 8.42. The first-order valence-electron chi connectivity index (χ1n) is 8.42. The molecule has 2 aromatic carbocycles. The second-order valence-electron chi connectivity index (χ2n) is 6.27. The Kier molecular flexibility index (Phi) is 5.03. The van der Waals surface area contributed by atoms with E-state index in [-0.39, 0.29) is 11.8 Å². The number of nitrogens with one attached hydrogen (secondary N) is 1. The molecule has 0 spiro atoms. The number of aryl methyl sites for hydroxylation is 2. The van der Waals surface area contributed by atoms with Crippen LogP contribution in [0, 0.1) is 6.92 Å². The van der Waals surface area contributed by atoms with Gasteiger partial charge < -0.3 is 15.0 Å². The quantitative estimate of drug-likeness (QED) is 0.930. The van der Waals surface area contributed by atoms with Crippen molar-refractivity contribution in [3.8, 4) is 5.75 Å². The van der Waals surface area contributed by atoms with E-state index in [1.165, 1.54) is 5.56 Å². The Bertz CT molecular complexity index is 801. The lowest BCUT2D eigenvalue weighted by atomic mass is 10.1. The Morgan fingerprint density at radius 3 is 2.88 bits per heavy atom. The van der Waals surface area contributed by atoms with E-state index in [2.05, 4.69) is 11.4 Å². The van der Waals surface area contributed by atoms with Gasteiger partial charge >= 0.3 is 0 Å². The fourth-order valence-corrected chi connectivity index (χ4v) is 2.88. The normalized spacial score (nSPS) is 13.7. The highest BCUT2D eigenvalue weighted by molar-refractivity contribution is 5.97. The van der Waals surface area contributed by atoms with Gasteiger partial charge in [0.05, 0.1) is 18.7 Å². The number of anilines is 2. The molecule has 3 rings (SSSR count). The van der Waals surface area contributed by atoms with Crippen molar-refractivity contribution >= 4 is 23.2 Å². The molecular formula is C20H22N2O3. The summed E-state index contributed by atoms with van der Waals surface area (Å²) in [4.78, 5) is 25.8. The molecule has 0 bridgehead atoms. The summed E-state index contributed by atoms with van der Waals surface area (Å²) in [5.41, 5.74) is 3.68. The van der Waals surface area contributed by atoms with Crippen molar-refractivity contribution in [2.75, 3.05) is 23.9 Å². The van der Waals surface area contributed by atoms with E-state index in [4.69, 9.17) is 4.74 Å². The van der Waals surface area contributed by atoms with Crippen LogP contribution in [0.2, 0.25) is 0 Å². The van der Waals surface area contributed by atoms with E-state index >= 15 is 0 Å². The van der Waals surface area contributed by atoms with Crippen LogP contribution in [0.5, 0.6) is 5.75 Å². The van der Waals surface area contributed by atoms with E-state index in [1.807, 2.05) is 25.1 Å². The first kappa shape index (κ1) is 17.0. The third-order valence-corrected chi connectivity index (χ3v) is 4.27. The SMILES string of the molecule is Cc1cccc(CCC(=O)Nc2ccc3c(c2)N(C)C(=O)CCO3)c1. The molecule has 0 fully saturated rings. The monoisotopic (exact) mass is 338 g/mol. The molecule has 2 aromatic rings. The van der Waals surface area contributed by atoms with Gasteiger partial charge in [-0.25, -0.2) is 0 Å². The molecule has 1 N–H and O–H groups in total. The molecule has 5 nitrogen and oxygen atoms in total. The van der Waals surface area contributed by atoms with Gasteiger partial charge in [0.2, 0.25) is 11.8 Å². The maximum Gasteiger partial charge on any atom is 0.230 e. The largest absolute Gasteiger partial charge is 0.491 e. The second kappa shape index (κ2) is 7.38. The van der Waals surface area contributed by atoms with Crippen LogP contribution in [0.3, 0.4) is 0 Å². The summed E-state index contributed by atoms with van der Waals surface area (Å²) in [5, 5.41) is 2.90. The molecule has 2 amide bonds. The van der Waals surface area contributed by atoms with Gasteiger partial charge in [0.25, 0.3) is 0 Å². The number of nitrogens with zero attached hydrogens (tertiary/aromatic N) is 1. The van der Waals surface area contributed by atoms with Gasteiger partial charge in [0.15, 0.2) is 0 Å². The molecule has 1 aliphatic heterocycles. The molecule has 0 atom stereocenters. The van der Waals surface area contributed by atoms with Gasteiger partial charge in [-0.1, -0.05) is 29.8 Å². The molecule has 1 heterocycles. The molecule has 25 heavy (non-hydrogen) atoms. The number of carbonyl (C=O) groups excluding carboxylic acids is 2. The van der Waals surface area contributed by atoms with Gasteiger partial charge in [0.1, 0.15) is 5.75 Å². The molecule has 0 aliphatic carbocycles. The summed E-state index contributed by atoms with van der Waals surface area (Å²) in [7, 11) is 1.72. The Morgan fingerprint density at radius 2 is 2.08 bits per heavy atom. The van der Waals surface area contributed by atoms with E-state index in [0.717, 1.165) is 5.56 Å². The van der Waals surface area contributed by atoms with Crippen LogP contribution in [-0.4, -0.2) is 25.5 Å². The van der Waals surface area contributed by atoms with Crippen molar-refractivity contribution in [3.05, 3.63) is 53.6 Å². The summed E-state index contributed by atoms with van der Waals surface area (Å²) >= 11 is 0. The fourth-order valence-electron chi connectivity index (χ4n) is 2.88. The minimum atomic E-state index is -0.0509. The zero-order valence-electron chi connectivity index (χ0n) is 14.5. The Balaban J connectivity index is 1.65. The van der Waals surface area contributed by atoms with Crippen molar-refractivity contribution < 1.29 is 14.3 Å². The van der Waals surface area contributed by atoms with Crippen LogP contribution < -0.4 is 15.0 Å². The molecule has 5 heteroatoms. The van der Waals surface area contributed by atoms with Crippen LogP contribution in [0.1, 0.15) is 24.0 Å². The van der Waals surface area contributed by atoms with Crippen LogP contribution in [0.15, 0.2) is 42.5 Å². The molecule has 130 valence electrons. The zero-order valence-corrected chi connectivity index (χ0v) is 14.5. The Labute approximate surface area is 147 Å². The number of amides is 2. The van der Waals surface area contributed by atoms with Crippen molar-refractivity contribution in [3.63, 3.8) is 0 Å². The molecule has 1 aliphatic rings. The second-order valence-corrected chi connectivity index (χ2v) is 6.27. The van der Waals surface area contributed by atoms with Crippen LogP contribution in [0.4, 0.5) is 11.4 Å². The summed E-state index contributed by atoms with van der Waals surface area (Å²) in [6, 6.07) is 13.5. The summed E-state index contributed by atoms with van der Waals surface area (Å²) < 4.78 is 5.59. The predicted molar refractivity (Wildman–Crippen MR) is 98.1 cm³/mol. The zero-order chi connectivity index (χ0) is 17.8. The topological polar surface area (TPSA) is 58.6 Å². The maximum absolute atomic E-state index is 12.2. The van der Waals surface area contributed by atoms with Gasteiger partial charge in [0, 0.05) is 19.2 Å². The van der Waals surface area contributed by atoms with Crippen molar-refractivity contribution in [2.45, 2.75) is 26.2 Å². The minimum absolute atomic E-state index is 0.00155. The summed E-state index contributed by atoms with van der Waals surface area (Å²) in [6.07, 6.45) is 1.45. The highest BCUT2D eigenvalue weighted by Gasteiger charge is 2.20. The van der Waals surface area contributed by atoms with Crippen molar-refractivity contribution in [2.24, 2.45) is 0 Å². The average molecular weight is 338 g/mol. The fraction of sp³-hybridized carbons (Fsp3) is 0.300. The number of carbonyl (C=O) groups is 2. The summed E-state index contributed by atoms with van der Waals surface area (Å²) in [6.45, 7) is 2.41. The van der Waals surface area contributed by atoms with Gasteiger partial charge in [-0.3, -0.25) is 9.59 Å². The smallest absolute Gasteiger partial charge is 0.230 e. The van der Waals surface area contributed by atoms with E-state index in [9.17, 15) is 9.59 Å². The third-order valence-electron chi connectivity index (χ3n) is 4.27. The Morgan fingerprint density at radius 1 is 1.24 bits per heavy atom. The van der Waals surface area contributed by atoms with Crippen LogP contribution >= 0.6 is 0 Å². The van der Waals surface area contributed by atoms with Crippen LogP contribution in [-0.2, 0) is 16.0 Å². The van der Waals surface area contributed by atoms with Gasteiger partial charge in [-0.15, -0.1) is 0 Å².